The summed E-state index contributed by atoms with van der Waals surface area (Å²) in [6, 6.07) is 1.84. The minimum atomic E-state index is -3.28. The molecule has 2 fully saturated rings. The summed E-state index contributed by atoms with van der Waals surface area (Å²) in [7, 11) is -1.78. The number of hydrogen-bond acceptors (Lipinski definition) is 10. The van der Waals surface area contributed by atoms with Crippen LogP contribution in [0.15, 0.2) is 17.6 Å². The van der Waals surface area contributed by atoms with Crippen molar-refractivity contribution in [3.8, 4) is 17.1 Å². The summed E-state index contributed by atoms with van der Waals surface area (Å²) in [5.41, 5.74) is 3.55. The Balaban J connectivity index is 1.53. The molecule has 0 aliphatic carbocycles. The number of pyridine rings is 1. The topological polar surface area (TPSA) is 109 Å². The van der Waals surface area contributed by atoms with Crippen molar-refractivity contribution in [3.63, 3.8) is 0 Å². The molecule has 0 unspecified atom stereocenters. The van der Waals surface area contributed by atoms with Gasteiger partial charge in [-0.25, -0.2) is 23.4 Å². The summed E-state index contributed by atoms with van der Waals surface area (Å²) in [6.07, 6.45) is 8.33. The van der Waals surface area contributed by atoms with Crippen LogP contribution >= 0.6 is 11.3 Å². The van der Waals surface area contributed by atoms with Gasteiger partial charge in [0.15, 0.2) is 9.84 Å². The van der Waals surface area contributed by atoms with Crippen molar-refractivity contribution >= 4 is 37.3 Å². The monoisotopic (exact) mass is 573 g/mol. The lowest BCUT2D eigenvalue weighted by Gasteiger charge is -2.37. The van der Waals surface area contributed by atoms with Crippen molar-refractivity contribution in [1.82, 2.24) is 19.9 Å². The van der Waals surface area contributed by atoms with Gasteiger partial charge in [-0.15, -0.1) is 11.3 Å². The van der Waals surface area contributed by atoms with Gasteiger partial charge in [-0.1, -0.05) is 0 Å². The molecule has 0 radical (unpaired) electrons. The van der Waals surface area contributed by atoms with E-state index in [0.717, 1.165) is 85.8 Å². The lowest BCUT2D eigenvalue weighted by molar-refractivity contribution is -0.0135. The second-order valence-corrected chi connectivity index (χ2v) is 14.5. The largest absolute Gasteiger partial charge is 0.481 e. The zero-order valence-corrected chi connectivity index (χ0v) is 24.9. The van der Waals surface area contributed by atoms with Crippen LogP contribution in [0.5, 0.6) is 5.88 Å². The zero-order valence-electron chi connectivity index (χ0n) is 23.3. The molecule has 3 aromatic heterocycles. The molecule has 1 N–H and O–H groups in total. The van der Waals surface area contributed by atoms with Crippen LogP contribution in [0.3, 0.4) is 0 Å². The number of likely N-dealkylation sites (tertiary alicyclic amines) is 1. The third kappa shape index (κ3) is 6.53. The molecule has 39 heavy (non-hydrogen) atoms. The van der Waals surface area contributed by atoms with Crippen molar-refractivity contribution in [2.24, 2.45) is 5.92 Å². The number of methoxy groups -OCH3 is 1. The highest BCUT2D eigenvalue weighted by Gasteiger charge is 2.31. The van der Waals surface area contributed by atoms with Crippen LogP contribution < -0.4 is 9.64 Å². The summed E-state index contributed by atoms with van der Waals surface area (Å²) >= 11 is 1.63. The number of fused-ring (bicyclic) bond motifs is 1. The van der Waals surface area contributed by atoms with Gasteiger partial charge in [-0.3, -0.25) is 4.90 Å². The second kappa shape index (κ2) is 11.3. The number of rotatable bonds is 8. The highest BCUT2D eigenvalue weighted by Crippen LogP contribution is 2.37. The number of sulfone groups is 1. The summed E-state index contributed by atoms with van der Waals surface area (Å²) in [5.74, 6) is 1.20. The number of hydrogen-bond donors (Lipinski definition) is 1. The molecule has 2 saturated heterocycles. The van der Waals surface area contributed by atoms with Crippen molar-refractivity contribution in [2.75, 3.05) is 44.4 Å². The van der Waals surface area contributed by atoms with Gasteiger partial charge >= 0.3 is 0 Å². The molecule has 0 amide bonds. The van der Waals surface area contributed by atoms with Crippen LogP contribution in [0, 0.1) is 5.92 Å². The van der Waals surface area contributed by atoms with E-state index in [0.29, 0.717) is 17.4 Å². The zero-order chi connectivity index (χ0) is 27.8. The lowest BCUT2D eigenvalue weighted by atomic mass is 9.83. The molecule has 11 heteroatoms. The quantitative estimate of drug-likeness (QED) is 0.422. The molecular formula is C28H39N5O4S2. The summed E-state index contributed by atoms with van der Waals surface area (Å²) < 4.78 is 30.6. The van der Waals surface area contributed by atoms with E-state index in [1.807, 2.05) is 19.9 Å². The molecular weight excluding hydrogens is 534 g/mol. The number of thiophene rings is 1. The van der Waals surface area contributed by atoms with Crippen LogP contribution in [0.25, 0.3) is 21.5 Å². The van der Waals surface area contributed by atoms with Crippen LogP contribution in [0.2, 0.25) is 0 Å². The third-order valence-electron chi connectivity index (χ3n) is 7.91. The molecule has 212 valence electrons. The highest BCUT2D eigenvalue weighted by molar-refractivity contribution is 7.89. The number of anilines is 1. The Morgan fingerprint density at radius 2 is 1.82 bits per heavy atom. The van der Waals surface area contributed by atoms with Gasteiger partial charge in [0.1, 0.15) is 0 Å². The van der Waals surface area contributed by atoms with Gasteiger partial charge in [-0.05, 0) is 76.4 Å². The number of aromatic nitrogens is 3. The second-order valence-electron chi connectivity index (χ2n) is 11.5. The average Bonchev–Trinajstić information content (AvgIpc) is 3.30. The fourth-order valence-electron chi connectivity index (χ4n) is 5.73. The Labute approximate surface area is 235 Å². The van der Waals surface area contributed by atoms with Gasteiger partial charge in [0.05, 0.1) is 34.4 Å². The Bertz CT molecular complexity index is 1420. The van der Waals surface area contributed by atoms with E-state index in [1.165, 1.54) is 25.3 Å². The highest BCUT2D eigenvalue weighted by atomic mass is 32.2. The molecule has 0 saturated carbocycles. The number of ether oxygens (including phenoxy) is 1. The molecule has 5 rings (SSSR count). The molecule has 0 spiro atoms. The SMILES string of the molecule is COc1ncc(-c2nc(N3CCCCC3)nc3c(CN4CCC(C(C)(C)O)CC4)csc23)cc1CS(C)(=O)=O. The lowest BCUT2D eigenvalue weighted by Crippen LogP contribution is -2.41. The third-order valence-corrected chi connectivity index (χ3v) is 9.77. The van der Waals surface area contributed by atoms with Gasteiger partial charge in [0.2, 0.25) is 11.8 Å². The maximum Gasteiger partial charge on any atom is 0.226 e. The van der Waals surface area contributed by atoms with Gasteiger partial charge in [0, 0.05) is 48.8 Å². The van der Waals surface area contributed by atoms with Gasteiger partial charge in [-0.2, -0.15) is 0 Å². The van der Waals surface area contributed by atoms with E-state index < -0.39 is 15.4 Å². The average molecular weight is 574 g/mol. The Kier molecular flexibility index (Phi) is 8.15. The number of aliphatic hydroxyl groups is 1. The normalized spacial score (nSPS) is 18.1. The molecule has 0 atom stereocenters. The maximum atomic E-state index is 12.1. The van der Waals surface area contributed by atoms with Crippen LogP contribution in [-0.2, 0) is 22.1 Å². The molecule has 0 bridgehead atoms. The Hall–Kier alpha value is -2.34. The predicted molar refractivity (Wildman–Crippen MR) is 156 cm³/mol. The molecule has 3 aromatic rings. The predicted octanol–water partition coefficient (Wildman–Crippen LogP) is 4.28. The van der Waals surface area contributed by atoms with Gasteiger partial charge in [0.25, 0.3) is 0 Å². The maximum absolute atomic E-state index is 12.1. The summed E-state index contributed by atoms with van der Waals surface area (Å²) in [6.45, 7) is 8.37. The van der Waals surface area contributed by atoms with Crippen LogP contribution in [0.1, 0.15) is 57.1 Å². The van der Waals surface area contributed by atoms with Crippen molar-refractivity contribution in [3.05, 3.63) is 28.8 Å². The van der Waals surface area contributed by atoms with Crippen LogP contribution in [-0.4, -0.2) is 78.5 Å². The fourth-order valence-corrected chi connectivity index (χ4v) is 7.51. The minimum Gasteiger partial charge on any atom is -0.481 e. The van der Waals surface area contributed by atoms with Crippen molar-refractivity contribution in [1.29, 1.82) is 0 Å². The Morgan fingerprint density at radius 3 is 2.46 bits per heavy atom. The van der Waals surface area contributed by atoms with E-state index in [-0.39, 0.29) is 5.75 Å². The first-order valence-corrected chi connectivity index (χ1v) is 16.6. The number of nitrogens with zero attached hydrogens (tertiary/aromatic N) is 5. The minimum absolute atomic E-state index is 0.152. The van der Waals surface area contributed by atoms with Crippen LogP contribution in [0.4, 0.5) is 5.95 Å². The van der Waals surface area contributed by atoms with E-state index in [9.17, 15) is 13.5 Å². The molecule has 2 aliphatic heterocycles. The molecule has 5 heterocycles. The molecule has 9 nitrogen and oxygen atoms in total. The molecule has 2 aliphatic rings. The van der Waals surface area contributed by atoms with E-state index >= 15 is 0 Å². The Morgan fingerprint density at radius 1 is 1.10 bits per heavy atom. The van der Waals surface area contributed by atoms with E-state index in [4.69, 9.17) is 14.7 Å². The van der Waals surface area contributed by atoms with Crippen molar-refractivity contribution in [2.45, 2.75) is 63.9 Å². The summed E-state index contributed by atoms with van der Waals surface area (Å²) in [5, 5.41) is 12.6. The van der Waals surface area contributed by atoms with E-state index in [2.05, 4.69) is 20.2 Å². The van der Waals surface area contributed by atoms with E-state index in [1.54, 1.807) is 17.5 Å². The fraction of sp³-hybridized carbons (Fsp3) is 0.607. The van der Waals surface area contributed by atoms with Gasteiger partial charge < -0.3 is 14.7 Å². The summed E-state index contributed by atoms with van der Waals surface area (Å²) in [4.78, 5) is 19.3. The standard InChI is InChI=1S/C28H39N5O4S2/c1-28(2,34)22-8-12-32(13-9-22)16-21-17-38-25-23(30-27(31-24(21)25)33-10-6-5-7-11-33)19-14-20(18-39(4,35)36)26(37-3)29-15-19/h14-15,17,22,34H,5-13,16,18H2,1-4H3. The number of piperidine rings is 2. The first-order valence-electron chi connectivity index (χ1n) is 13.7. The molecule has 0 aromatic carbocycles. The smallest absolute Gasteiger partial charge is 0.226 e. The van der Waals surface area contributed by atoms with Crippen molar-refractivity contribution < 1.29 is 18.3 Å². The first-order chi connectivity index (χ1) is 18.5. The first kappa shape index (κ1) is 28.2.